The van der Waals surface area contributed by atoms with E-state index in [2.05, 4.69) is 15.7 Å². The van der Waals surface area contributed by atoms with Gasteiger partial charge < -0.3 is 5.32 Å². The highest BCUT2D eigenvalue weighted by atomic mass is 35.5. The van der Waals surface area contributed by atoms with E-state index in [1.54, 1.807) is 6.20 Å². The normalized spacial score (nSPS) is 18.6. The molecule has 0 saturated carbocycles. The van der Waals surface area contributed by atoms with Crippen LogP contribution in [0.4, 0.5) is 5.82 Å². The van der Waals surface area contributed by atoms with E-state index < -0.39 is 0 Å². The lowest BCUT2D eigenvalue weighted by molar-refractivity contribution is 0.660. The van der Waals surface area contributed by atoms with Gasteiger partial charge in [0.05, 0.1) is 5.70 Å². The first-order valence-corrected chi connectivity index (χ1v) is 8.12. The number of benzene rings is 1. The van der Waals surface area contributed by atoms with Crippen molar-refractivity contribution in [3.8, 4) is 0 Å². The van der Waals surface area contributed by atoms with Gasteiger partial charge in [0, 0.05) is 28.0 Å². The molecule has 4 rings (SSSR count). The van der Waals surface area contributed by atoms with Crippen LogP contribution in [0.2, 0.25) is 10.0 Å². The Morgan fingerprint density at radius 3 is 2.67 bits per heavy atom. The van der Waals surface area contributed by atoms with Gasteiger partial charge in [0.25, 0.3) is 0 Å². The van der Waals surface area contributed by atoms with Crippen LogP contribution in [0, 0.1) is 0 Å². The minimum absolute atomic E-state index is 0.333. The fourth-order valence-electron chi connectivity index (χ4n) is 2.60. The number of anilines is 1. The maximum Gasteiger partial charge on any atom is 0.172 e. The van der Waals surface area contributed by atoms with Gasteiger partial charge in [-0.15, -0.1) is 0 Å². The second-order valence-electron chi connectivity index (χ2n) is 5.25. The summed E-state index contributed by atoms with van der Waals surface area (Å²) in [7, 11) is 0. The molecule has 5 nitrogen and oxygen atoms in total. The first kappa shape index (κ1) is 15.1. The number of nitrogens with zero attached hydrogens (tertiary/aromatic N) is 3. The van der Waals surface area contributed by atoms with Crippen molar-refractivity contribution < 1.29 is 0 Å². The Balaban J connectivity index is 1.65. The molecular weight excluding hydrogens is 345 g/mol. The molecule has 0 fully saturated rings. The lowest BCUT2D eigenvalue weighted by Crippen LogP contribution is -2.34. The van der Waals surface area contributed by atoms with E-state index in [0.29, 0.717) is 10.0 Å². The van der Waals surface area contributed by atoms with Crippen LogP contribution in [-0.2, 0) is 0 Å². The van der Waals surface area contributed by atoms with Gasteiger partial charge >= 0.3 is 0 Å². The zero-order valence-electron chi connectivity index (χ0n) is 12.4. The Bertz CT molecular complexity index is 840. The van der Waals surface area contributed by atoms with Crippen molar-refractivity contribution in [1.82, 2.24) is 15.3 Å². The van der Waals surface area contributed by atoms with Gasteiger partial charge in [-0.05, 0) is 36.4 Å². The van der Waals surface area contributed by atoms with E-state index >= 15 is 0 Å². The van der Waals surface area contributed by atoms with Crippen LogP contribution >= 0.6 is 23.2 Å². The molecule has 1 aromatic heterocycles. The highest BCUT2D eigenvalue weighted by molar-refractivity contribution is 6.36. The summed E-state index contributed by atoms with van der Waals surface area (Å²) in [6.07, 6.45) is 7.16. The Hall–Kier alpha value is -2.50. The third-order valence-electron chi connectivity index (χ3n) is 3.68. The SMILES string of the molecule is Clc1cccc(Cl)c1C1N=C2C(=CC=CN2Nc2ccccn2)N1. The number of pyridine rings is 1. The summed E-state index contributed by atoms with van der Waals surface area (Å²) in [4.78, 5) is 9.00. The van der Waals surface area contributed by atoms with Crippen molar-refractivity contribution in [1.29, 1.82) is 0 Å². The summed E-state index contributed by atoms with van der Waals surface area (Å²) in [5, 5.41) is 6.32. The molecule has 3 heterocycles. The van der Waals surface area contributed by atoms with Crippen molar-refractivity contribution in [2.45, 2.75) is 6.17 Å². The number of rotatable bonds is 3. The molecule has 2 aliphatic rings. The largest absolute Gasteiger partial charge is 0.357 e. The van der Waals surface area contributed by atoms with E-state index in [9.17, 15) is 0 Å². The maximum absolute atomic E-state index is 6.31. The third kappa shape index (κ3) is 2.72. The van der Waals surface area contributed by atoms with Gasteiger partial charge in [-0.1, -0.05) is 35.3 Å². The average Bonchev–Trinajstić information content (AvgIpc) is 3.00. The van der Waals surface area contributed by atoms with Crippen LogP contribution in [-0.4, -0.2) is 15.8 Å². The number of hydrazine groups is 1. The minimum atomic E-state index is -0.333. The first-order chi connectivity index (χ1) is 11.7. The number of nitrogens with one attached hydrogen (secondary N) is 2. The topological polar surface area (TPSA) is 52.5 Å². The maximum atomic E-state index is 6.31. The number of halogens is 2. The second-order valence-corrected chi connectivity index (χ2v) is 6.07. The highest BCUT2D eigenvalue weighted by Crippen LogP contribution is 2.35. The molecule has 0 aliphatic carbocycles. The fraction of sp³-hybridized carbons (Fsp3) is 0.0588. The molecule has 1 aromatic carbocycles. The minimum Gasteiger partial charge on any atom is -0.357 e. The van der Waals surface area contributed by atoms with Crippen molar-refractivity contribution in [3.63, 3.8) is 0 Å². The molecule has 24 heavy (non-hydrogen) atoms. The molecule has 0 spiro atoms. The number of hydrogen-bond acceptors (Lipinski definition) is 5. The van der Waals surface area contributed by atoms with E-state index in [1.807, 2.05) is 59.8 Å². The van der Waals surface area contributed by atoms with Crippen molar-refractivity contribution in [2.75, 3.05) is 5.43 Å². The van der Waals surface area contributed by atoms with E-state index in [-0.39, 0.29) is 6.17 Å². The number of hydrogen-bond donors (Lipinski definition) is 2. The number of aromatic nitrogens is 1. The van der Waals surface area contributed by atoms with Crippen LogP contribution in [0.25, 0.3) is 0 Å². The molecule has 1 atom stereocenters. The van der Waals surface area contributed by atoms with Crippen molar-refractivity contribution in [3.05, 3.63) is 82.3 Å². The predicted octanol–water partition coefficient (Wildman–Crippen LogP) is 4.13. The van der Waals surface area contributed by atoms with E-state index in [1.165, 1.54) is 0 Å². The summed E-state index contributed by atoms with van der Waals surface area (Å²) >= 11 is 12.6. The van der Waals surface area contributed by atoms with Crippen LogP contribution in [0.3, 0.4) is 0 Å². The van der Waals surface area contributed by atoms with E-state index in [4.69, 9.17) is 28.2 Å². The number of allylic oxidation sites excluding steroid dienone is 2. The van der Waals surface area contributed by atoms with Crippen molar-refractivity contribution >= 4 is 34.9 Å². The summed E-state index contributed by atoms with van der Waals surface area (Å²) in [5.74, 6) is 1.48. The number of aliphatic imine (C=N–C) groups is 1. The summed E-state index contributed by atoms with van der Waals surface area (Å²) in [6, 6.07) is 11.1. The molecule has 2 N–H and O–H groups in total. The zero-order valence-corrected chi connectivity index (χ0v) is 14.0. The predicted molar refractivity (Wildman–Crippen MR) is 96.7 cm³/mol. The van der Waals surface area contributed by atoms with Gasteiger partial charge in [0.2, 0.25) is 0 Å². The molecule has 0 radical (unpaired) electrons. The second kappa shape index (κ2) is 6.19. The van der Waals surface area contributed by atoms with Gasteiger partial charge in [0.1, 0.15) is 12.0 Å². The van der Waals surface area contributed by atoms with Crippen LogP contribution < -0.4 is 10.7 Å². The van der Waals surface area contributed by atoms with Gasteiger partial charge in [-0.2, -0.15) is 0 Å². The molecule has 0 amide bonds. The van der Waals surface area contributed by atoms with Gasteiger partial charge in [-0.25, -0.2) is 15.0 Å². The molecule has 2 aromatic rings. The monoisotopic (exact) mass is 357 g/mol. The van der Waals surface area contributed by atoms with E-state index in [0.717, 1.165) is 22.9 Å². The molecule has 0 bridgehead atoms. The van der Waals surface area contributed by atoms with Crippen LogP contribution in [0.1, 0.15) is 11.7 Å². The standard InChI is InChI=1S/C17H13Cl2N5/c18-11-5-3-6-12(19)15(11)16-21-13-7-4-10-24(17(13)22-16)23-14-8-1-2-9-20-14/h1-10,16,21H,(H,20,23). The molecule has 120 valence electrons. The molecule has 1 unspecified atom stereocenters. The summed E-state index contributed by atoms with van der Waals surface area (Å²) in [5.41, 5.74) is 4.87. The quantitative estimate of drug-likeness (QED) is 0.866. The Labute approximate surface area is 149 Å². The Kier molecular flexibility index (Phi) is 3.88. The molecule has 2 aliphatic heterocycles. The number of amidine groups is 1. The third-order valence-corrected chi connectivity index (χ3v) is 4.34. The fourth-order valence-corrected chi connectivity index (χ4v) is 3.20. The highest BCUT2D eigenvalue weighted by Gasteiger charge is 2.30. The van der Waals surface area contributed by atoms with Gasteiger partial charge in [0.15, 0.2) is 5.84 Å². The Morgan fingerprint density at radius 2 is 1.92 bits per heavy atom. The number of fused-ring (bicyclic) bond motifs is 1. The lowest BCUT2D eigenvalue weighted by Gasteiger charge is -2.23. The van der Waals surface area contributed by atoms with Crippen molar-refractivity contribution in [2.24, 2.45) is 4.99 Å². The smallest absolute Gasteiger partial charge is 0.172 e. The van der Waals surface area contributed by atoms with Crippen LogP contribution in [0.15, 0.2) is 71.6 Å². The Morgan fingerprint density at radius 1 is 1.08 bits per heavy atom. The molecule has 0 saturated heterocycles. The molecule has 7 heteroatoms. The van der Waals surface area contributed by atoms with Gasteiger partial charge in [-0.3, -0.25) is 5.43 Å². The summed E-state index contributed by atoms with van der Waals surface area (Å²) < 4.78 is 0. The zero-order chi connectivity index (χ0) is 16.5. The molecular formula is C17H13Cl2N5. The van der Waals surface area contributed by atoms with Crippen LogP contribution in [0.5, 0.6) is 0 Å². The average molecular weight is 358 g/mol. The first-order valence-electron chi connectivity index (χ1n) is 7.36. The lowest BCUT2D eigenvalue weighted by atomic mass is 10.2. The summed E-state index contributed by atoms with van der Waals surface area (Å²) in [6.45, 7) is 0.